The molecular formula is C35H32F2N6O2. The van der Waals surface area contributed by atoms with E-state index in [0.717, 1.165) is 35.8 Å². The summed E-state index contributed by atoms with van der Waals surface area (Å²) < 4.78 is 34.3. The molecule has 0 aliphatic carbocycles. The smallest absolute Gasteiger partial charge is 0.261 e. The highest BCUT2D eigenvalue weighted by Crippen LogP contribution is 2.34. The van der Waals surface area contributed by atoms with Crippen molar-refractivity contribution in [2.24, 2.45) is 0 Å². The Morgan fingerprint density at radius 3 is 2.49 bits per heavy atom. The van der Waals surface area contributed by atoms with Gasteiger partial charge in [0, 0.05) is 47.7 Å². The highest BCUT2D eigenvalue weighted by Gasteiger charge is 2.19. The fourth-order valence-corrected chi connectivity index (χ4v) is 4.54. The van der Waals surface area contributed by atoms with E-state index in [2.05, 4.69) is 27.5 Å². The third-order valence-electron chi connectivity index (χ3n) is 6.75. The van der Waals surface area contributed by atoms with Crippen molar-refractivity contribution in [2.75, 3.05) is 37.9 Å². The van der Waals surface area contributed by atoms with E-state index in [1.165, 1.54) is 6.07 Å². The first-order chi connectivity index (χ1) is 21.8. The van der Waals surface area contributed by atoms with Crippen molar-refractivity contribution in [1.82, 2.24) is 20.2 Å². The van der Waals surface area contributed by atoms with Crippen LogP contribution in [0.5, 0.6) is 5.75 Å². The molecule has 0 saturated carbocycles. The maximum Gasteiger partial charge on any atom is 0.261 e. The SMILES string of the molecule is C=C(/C(=C1/C=CC=CN1)c1ccnc(Nc2cccc(OCCN(C)C)c2)n1)c1cccc(NC(=O)c2c(F)cccc2F)c1. The van der Waals surface area contributed by atoms with Gasteiger partial charge >= 0.3 is 0 Å². The van der Waals surface area contributed by atoms with Gasteiger partial charge in [0.1, 0.15) is 29.6 Å². The summed E-state index contributed by atoms with van der Waals surface area (Å²) in [7, 11) is 3.98. The number of dihydropyridines is 1. The maximum absolute atomic E-state index is 14.2. The molecule has 0 unspecified atom stereocenters. The van der Waals surface area contributed by atoms with Crippen LogP contribution in [0, 0.1) is 11.6 Å². The van der Waals surface area contributed by atoms with Crippen LogP contribution in [0.4, 0.5) is 26.1 Å². The number of carbonyl (C=O) groups is 1. The lowest BCUT2D eigenvalue weighted by atomic mass is 9.94. The second kappa shape index (κ2) is 14.2. The van der Waals surface area contributed by atoms with Crippen molar-refractivity contribution in [3.8, 4) is 5.75 Å². The Balaban J connectivity index is 1.41. The van der Waals surface area contributed by atoms with Gasteiger partial charge in [0.15, 0.2) is 0 Å². The van der Waals surface area contributed by atoms with E-state index in [0.29, 0.717) is 40.6 Å². The first-order valence-electron chi connectivity index (χ1n) is 14.2. The van der Waals surface area contributed by atoms with Gasteiger partial charge in [-0.25, -0.2) is 18.7 Å². The summed E-state index contributed by atoms with van der Waals surface area (Å²) in [5.74, 6) is -1.69. The predicted molar refractivity (Wildman–Crippen MR) is 174 cm³/mol. The minimum absolute atomic E-state index is 0.343. The fraction of sp³-hybridized carbons (Fsp3) is 0.114. The molecule has 8 nitrogen and oxygen atoms in total. The summed E-state index contributed by atoms with van der Waals surface area (Å²) in [4.78, 5) is 24.0. The van der Waals surface area contributed by atoms with Gasteiger partial charge in [-0.3, -0.25) is 4.79 Å². The Labute approximate surface area is 260 Å². The lowest BCUT2D eigenvalue weighted by molar-refractivity contribution is 0.101. The van der Waals surface area contributed by atoms with E-state index < -0.39 is 23.1 Å². The quantitative estimate of drug-likeness (QED) is 0.173. The zero-order valence-corrected chi connectivity index (χ0v) is 24.9. The molecule has 10 heteroatoms. The Morgan fingerprint density at radius 1 is 0.978 bits per heavy atom. The van der Waals surface area contributed by atoms with Gasteiger partial charge < -0.3 is 25.6 Å². The molecule has 1 aromatic heterocycles. The van der Waals surface area contributed by atoms with Gasteiger partial charge in [-0.1, -0.05) is 36.9 Å². The first-order valence-corrected chi connectivity index (χ1v) is 14.2. The second-order valence-corrected chi connectivity index (χ2v) is 10.3. The van der Waals surface area contributed by atoms with E-state index in [-0.39, 0.29) is 0 Å². The van der Waals surface area contributed by atoms with Crippen molar-refractivity contribution in [1.29, 1.82) is 0 Å². The largest absolute Gasteiger partial charge is 0.492 e. The number of halogens is 2. The number of carbonyl (C=O) groups excluding carboxylic acids is 1. The average molecular weight is 607 g/mol. The second-order valence-electron chi connectivity index (χ2n) is 10.3. The van der Waals surface area contributed by atoms with Gasteiger partial charge in [-0.2, -0.15) is 0 Å². The molecular weight excluding hydrogens is 574 g/mol. The Morgan fingerprint density at radius 2 is 1.73 bits per heavy atom. The lowest BCUT2D eigenvalue weighted by Crippen LogP contribution is -2.19. The predicted octanol–water partition coefficient (Wildman–Crippen LogP) is 6.79. The van der Waals surface area contributed by atoms with Crippen molar-refractivity contribution >= 4 is 34.4 Å². The fourth-order valence-electron chi connectivity index (χ4n) is 4.54. The van der Waals surface area contributed by atoms with E-state index >= 15 is 0 Å². The zero-order valence-electron chi connectivity index (χ0n) is 24.9. The number of ether oxygens (including phenoxy) is 1. The van der Waals surface area contributed by atoms with Crippen LogP contribution >= 0.6 is 0 Å². The number of benzene rings is 3. The molecule has 0 bridgehead atoms. The molecule has 5 rings (SSSR count). The van der Waals surface area contributed by atoms with Crippen LogP contribution in [0.15, 0.2) is 116 Å². The van der Waals surface area contributed by atoms with E-state index in [9.17, 15) is 13.6 Å². The molecule has 3 aromatic carbocycles. The Kier molecular flexibility index (Phi) is 9.76. The van der Waals surface area contributed by atoms with Gasteiger partial charge in [0.25, 0.3) is 5.91 Å². The highest BCUT2D eigenvalue weighted by atomic mass is 19.1. The molecule has 2 heterocycles. The molecule has 228 valence electrons. The highest BCUT2D eigenvalue weighted by molar-refractivity contribution is 6.07. The Bertz CT molecular complexity index is 1800. The van der Waals surface area contributed by atoms with Crippen LogP contribution in [-0.4, -0.2) is 48.0 Å². The molecule has 0 atom stereocenters. The minimum atomic E-state index is -0.944. The molecule has 0 fully saturated rings. The van der Waals surface area contributed by atoms with E-state index in [4.69, 9.17) is 9.72 Å². The summed E-state index contributed by atoms with van der Waals surface area (Å²) in [5.41, 5.74) is 3.71. The maximum atomic E-state index is 14.2. The molecule has 0 spiro atoms. The average Bonchev–Trinajstić information content (AvgIpc) is 3.02. The molecule has 45 heavy (non-hydrogen) atoms. The number of aromatic nitrogens is 2. The number of rotatable bonds is 11. The van der Waals surface area contributed by atoms with Crippen LogP contribution in [0.25, 0.3) is 11.1 Å². The lowest BCUT2D eigenvalue weighted by Gasteiger charge is -2.18. The van der Waals surface area contributed by atoms with Crippen LogP contribution in [-0.2, 0) is 0 Å². The first kappa shape index (κ1) is 30.8. The third kappa shape index (κ3) is 7.87. The van der Waals surface area contributed by atoms with Crippen LogP contribution in [0.2, 0.25) is 0 Å². The van der Waals surface area contributed by atoms with Gasteiger partial charge in [0.2, 0.25) is 5.95 Å². The number of nitrogens with one attached hydrogen (secondary N) is 3. The molecule has 1 aliphatic heterocycles. The molecule has 0 radical (unpaired) electrons. The normalized spacial score (nSPS) is 13.3. The number of hydrogen-bond donors (Lipinski definition) is 3. The van der Waals surface area contributed by atoms with Crippen molar-refractivity contribution in [2.45, 2.75) is 0 Å². The van der Waals surface area contributed by atoms with Gasteiger partial charge in [-0.15, -0.1) is 0 Å². The van der Waals surface area contributed by atoms with Crippen molar-refractivity contribution < 1.29 is 18.3 Å². The number of amides is 1. The summed E-state index contributed by atoms with van der Waals surface area (Å²) in [6, 6.07) is 19.5. The number of allylic oxidation sites excluding steroid dienone is 5. The molecule has 1 aliphatic rings. The molecule has 1 amide bonds. The van der Waals surface area contributed by atoms with Crippen LogP contribution < -0.4 is 20.7 Å². The number of likely N-dealkylation sites (N-methyl/N-ethyl adjacent to an activating group) is 1. The summed E-state index contributed by atoms with van der Waals surface area (Å²) >= 11 is 0. The summed E-state index contributed by atoms with van der Waals surface area (Å²) in [6.07, 6.45) is 9.10. The zero-order chi connectivity index (χ0) is 31.8. The minimum Gasteiger partial charge on any atom is -0.492 e. The Hall–Kier alpha value is -5.61. The van der Waals surface area contributed by atoms with Crippen LogP contribution in [0.1, 0.15) is 21.6 Å². The van der Waals surface area contributed by atoms with Crippen LogP contribution in [0.3, 0.4) is 0 Å². The third-order valence-corrected chi connectivity index (χ3v) is 6.75. The van der Waals surface area contributed by atoms with Gasteiger partial charge in [-0.05, 0) is 79.8 Å². The van der Waals surface area contributed by atoms with Crippen molar-refractivity contribution in [3.05, 3.63) is 144 Å². The standard InChI is InChI=1S/C35H32F2N6O2/c1-23(24-9-6-10-25(21-24)40-34(44)33-28(36)13-8-14-29(33)37)32(30-15-4-5-17-38-30)31-16-18-39-35(42-31)41-26-11-7-12-27(22-26)45-20-19-43(2)3/h4-18,21-22,38H,1,19-20H2,2-3H3,(H,40,44)(H,39,41,42)/b32-30+. The number of anilines is 3. The number of nitrogens with zero attached hydrogens (tertiary/aromatic N) is 3. The molecule has 4 aromatic rings. The number of hydrogen-bond acceptors (Lipinski definition) is 7. The van der Waals surface area contributed by atoms with Crippen molar-refractivity contribution in [3.63, 3.8) is 0 Å². The van der Waals surface area contributed by atoms with E-state index in [1.54, 1.807) is 36.7 Å². The van der Waals surface area contributed by atoms with Gasteiger partial charge in [0.05, 0.1) is 5.69 Å². The summed E-state index contributed by atoms with van der Waals surface area (Å²) in [6.45, 7) is 5.71. The molecule has 0 saturated heterocycles. The topological polar surface area (TPSA) is 91.4 Å². The monoisotopic (exact) mass is 606 g/mol. The summed E-state index contributed by atoms with van der Waals surface area (Å²) in [5, 5.41) is 9.09. The van der Waals surface area contributed by atoms with E-state index in [1.807, 2.05) is 67.6 Å². The molecule has 3 N–H and O–H groups in total.